The number of carbonyl (C=O) groups is 3. The minimum absolute atomic E-state index is 0.0253. The molecule has 2 heterocycles. The van der Waals surface area contributed by atoms with Crippen molar-refractivity contribution in [3.63, 3.8) is 0 Å². The molecule has 152 valence electrons. The number of nitrogens with one attached hydrogen (secondary N) is 2. The van der Waals surface area contributed by atoms with Crippen LogP contribution in [0.25, 0.3) is 0 Å². The van der Waals surface area contributed by atoms with Crippen LogP contribution in [0.3, 0.4) is 0 Å². The number of amides is 4. The summed E-state index contributed by atoms with van der Waals surface area (Å²) in [7, 11) is -1.61. The van der Waals surface area contributed by atoms with Crippen LogP contribution >= 0.6 is 0 Å². The topological polar surface area (TPSA) is 122 Å². The van der Waals surface area contributed by atoms with Crippen LogP contribution in [-0.4, -0.2) is 62.4 Å². The van der Waals surface area contributed by atoms with Crippen LogP contribution in [0.1, 0.15) is 25.3 Å². The monoisotopic (exact) mass is 409 g/mol. The molecule has 0 radical (unpaired) electrons. The van der Waals surface area contributed by atoms with Crippen molar-refractivity contribution in [1.82, 2.24) is 15.5 Å². The standard InChI is InChI=1S/C18H23N3O6S/c1-3-18(12-4-6-14(27-2)7-5-12)16(23)21(17(24)20-18)10-15(22)19-13-8-9-28(25,26)11-13/h4-7,13H,3,8-11H2,1-2H3,(H,19,22)(H,20,24)/t13-,18-/m0/s1. The first-order valence-electron chi connectivity index (χ1n) is 8.99. The zero-order valence-electron chi connectivity index (χ0n) is 15.7. The summed E-state index contributed by atoms with van der Waals surface area (Å²) in [5.41, 5.74) is -0.653. The van der Waals surface area contributed by atoms with Gasteiger partial charge in [0.15, 0.2) is 9.84 Å². The Balaban J connectivity index is 1.73. The van der Waals surface area contributed by atoms with Gasteiger partial charge in [-0.3, -0.25) is 14.5 Å². The number of methoxy groups -OCH3 is 1. The summed E-state index contributed by atoms with van der Waals surface area (Å²) in [4.78, 5) is 38.6. The first-order chi connectivity index (χ1) is 13.2. The number of imide groups is 1. The Kier molecular flexibility index (Phi) is 5.33. The van der Waals surface area contributed by atoms with E-state index in [1.165, 1.54) is 7.11 Å². The second-order valence-electron chi connectivity index (χ2n) is 6.98. The molecular formula is C18H23N3O6S. The van der Waals surface area contributed by atoms with E-state index in [2.05, 4.69) is 10.6 Å². The lowest BCUT2D eigenvalue weighted by Crippen LogP contribution is -2.46. The van der Waals surface area contributed by atoms with Crippen molar-refractivity contribution < 1.29 is 27.5 Å². The second kappa shape index (κ2) is 7.42. The molecule has 2 fully saturated rings. The fraction of sp³-hybridized carbons (Fsp3) is 0.500. The summed E-state index contributed by atoms with van der Waals surface area (Å²) in [5, 5.41) is 5.30. The zero-order valence-corrected chi connectivity index (χ0v) is 16.5. The Morgan fingerprint density at radius 1 is 1.32 bits per heavy atom. The van der Waals surface area contributed by atoms with Crippen molar-refractivity contribution in [1.29, 1.82) is 0 Å². The van der Waals surface area contributed by atoms with Crippen molar-refractivity contribution in [3.05, 3.63) is 29.8 Å². The molecule has 0 aromatic heterocycles. The number of rotatable bonds is 6. The third-order valence-corrected chi connectivity index (χ3v) is 6.96. The van der Waals surface area contributed by atoms with Crippen LogP contribution in [0.5, 0.6) is 5.75 Å². The van der Waals surface area contributed by atoms with Gasteiger partial charge >= 0.3 is 6.03 Å². The van der Waals surface area contributed by atoms with Crippen LogP contribution in [-0.2, 0) is 25.0 Å². The van der Waals surface area contributed by atoms with E-state index in [4.69, 9.17) is 4.74 Å². The Morgan fingerprint density at radius 3 is 2.54 bits per heavy atom. The highest BCUT2D eigenvalue weighted by atomic mass is 32.2. The number of benzene rings is 1. The normalized spacial score (nSPS) is 26.2. The average molecular weight is 409 g/mol. The average Bonchev–Trinajstić information content (AvgIpc) is 3.12. The van der Waals surface area contributed by atoms with Gasteiger partial charge in [-0.15, -0.1) is 0 Å². The van der Waals surface area contributed by atoms with Crippen molar-refractivity contribution in [3.8, 4) is 5.75 Å². The molecule has 0 unspecified atom stereocenters. The highest BCUT2D eigenvalue weighted by Crippen LogP contribution is 2.33. The summed E-state index contributed by atoms with van der Waals surface area (Å²) in [6.07, 6.45) is 0.641. The molecule has 0 bridgehead atoms. The van der Waals surface area contributed by atoms with E-state index in [1.807, 2.05) is 0 Å². The van der Waals surface area contributed by atoms with Gasteiger partial charge in [-0.25, -0.2) is 13.2 Å². The predicted molar refractivity (Wildman–Crippen MR) is 100 cm³/mol. The summed E-state index contributed by atoms with van der Waals surface area (Å²) in [6, 6.07) is 5.65. The zero-order chi connectivity index (χ0) is 20.5. The Morgan fingerprint density at radius 2 is 2.00 bits per heavy atom. The van der Waals surface area contributed by atoms with E-state index >= 15 is 0 Å². The van der Waals surface area contributed by atoms with Crippen molar-refractivity contribution in [2.24, 2.45) is 0 Å². The van der Waals surface area contributed by atoms with Gasteiger partial charge in [0.25, 0.3) is 5.91 Å². The molecule has 10 heteroatoms. The highest BCUT2D eigenvalue weighted by molar-refractivity contribution is 7.91. The number of nitrogens with zero attached hydrogens (tertiary/aromatic N) is 1. The number of ether oxygens (including phenoxy) is 1. The van der Waals surface area contributed by atoms with Gasteiger partial charge in [0.05, 0.1) is 18.6 Å². The third kappa shape index (κ3) is 3.68. The fourth-order valence-electron chi connectivity index (χ4n) is 3.61. The van der Waals surface area contributed by atoms with Gasteiger partial charge in [-0.1, -0.05) is 19.1 Å². The molecule has 2 aliphatic heterocycles. The lowest BCUT2D eigenvalue weighted by Gasteiger charge is -2.26. The molecule has 4 amide bonds. The van der Waals surface area contributed by atoms with Crippen molar-refractivity contribution in [2.45, 2.75) is 31.3 Å². The lowest BCUT2D eigenvalue weighted by atomic mass is 9.87. The van der Waals surface area contributed by atoms with E-state index in [0.717, 1.165) is 4.90 Å². The Bertz CT molecular complexity index is 898. The van der Waals surface area contributed by atoms with Gasteiger partial charge in [-0.05, 0) is 30.5 Å². The summed E-state index contributed by atoms with van der Waals surface area (Å²) < 4.78 is 28.1. The number of hydrogen-bond donors (Lipinski definition) is 2. The van der Waals surface area contributed by atoms with Crippen molar-refractivity contribution in [2.75, 3.05) is 25.2 Å². The first-order valence-corrected chi connectivity index (χ1v) is 10.8. The minimum atomic E-state index is -3.14. The third-order valence-electron chi connectivity index (χ3n) is 5.19. The van der Waals surface area contributed by atoms with E-state index in [0.29, 0.717) is 24.2 Å². The molecule has 3 rings (SSSR count). The summed E-state index contributed by atoms with van der Waals surface area (Å²) >= 11 is 0. The largest absolute Gasteiger partial charge is 0.497 e. The van der Waals surface area contributed by atoms with E-state index < -0.39 is 45.8 Å². The Labute approximate surface area is 163 Å². The minimum Gasteiger partial charge on any atom is -0.497 e. The van der Waals surface area contributed by atoms with Gasteiger partial charge in [0.1, 0.15) is 17.8 Å². The van der Waals surface area contributed by atoms with Crippen LogP contribution in [0, 0.1) is 0 Å². The molecule has 0 spiro atoms. The molecule has 2 aliphatic rings. The van der Waals surface area contributed by atoms with Gasteiger partial charge in [-0.2, -0.15) is 0 Å². The maximum atomic E-state index is 13.0. The number of sulfone groups is 1. The number of hydrogen-bond acceptors (Lipinski definition) is 6. The molecule has 2 saturated heterocycles. The van der Waals surface area contributed by atoms with E-state index in [9.17, 15) is 22.8 Å². The number of carbonyl (C=O) groups excluding carboxylic acids is 3. The molecule has 2 N–H and O–H groups in total. The van der Waals surface area contributed by atoms with Gasteiger partial charge in [0, 0.05) is 6.04 Å². The molecule has 1 aromatic rings. The smallest absolute Gasteiger partial charge is 0.325 e. The quantitative estimate of drug-likeness (QED) is 0.645. The van der Waals surface area contributed by atoms with E-state index in [-0.39, 0.29) is 11.5 Å². The maximum Gasteiger partial charge on any atom is 0.325 e. The molecule has 2 atom stereocenters. The van der Waals surface area contributed by atoms with Crippen LogP contribution in [0.15, 0.2) is 24.3 Å². The first kappa shape index (κ1) is 20.1. The SMILES string of the molecule is CC[C@@]1(c2ccc(OC)cc2)NC(=O)N(CC(=O)N[C@H]2CCS(=O)(=O)C2)C1=O. The highest BCUT2D eigenvalue weighted by Gasteiger charge is 2.51. The molecular weight excluding hydrogens is 386 g/mol. The summed E-state index contributed by atoms with van der Waals surface area (Å²) in [6.45, 7) is 1.31. The maximum absolute atomic E-state index is 13.0. The summed E-state index contributed by atoms with van der Waals surface area (Å²) in [5.74, 6) is -0.553. The van der Waals surface area contributed by atoms with E-state index in [1.54, 1.807) is 31.2 Å². The van der Waals surface area contributed by atoms with Crippen LogP contribution < -0.4 is 15.4 Å². The molecule has 1 aromatic carbocycles. The molecule has 0 aliphatic carbocycles. The number of urea groups is 1. The molecule has 9 nitrogen and oxygen atoms in total. The Hall–Kier alpha value is -2.62. The van der Waals surface area contributed by atoms with Crippen LogP contribution in [0.4, 0.5) is 4.79 Å². The lowest BCUT2D eigenvalue weighted by molar-refractivity contribution is -0.135. The molecule has 28 heavy (non-hydrogen) atoms. The molecule has 0 saturated carbocycles. The van der Waals surface area contributed by atoms with Gasteiger partial charge in [0.2, 0.25) is 5.91 Å². The van der Waals surface area contributed by atoms with Gasteiger partial charge < -0.3 is 15.4 Å². The van der Waals surface area contributed by atoms with Crippen LogP contribution in [0.2, 0.25) is 0 Å². The fourth-order valence-corrected chi connectivity index (χ4v) is 5.28. The second-order valence-corrected chi connectivity index (χ2v) is 9.21. The van der Waals surface area contributed by atoms with Crippen molar-refractivity contribution >= 4 is 27.7 Å². The predicted octanol–water partition coefficient (Wildman–Crippen LogP) is 0.156.